The number of carbonyl (C=O) groups excluding carboxylic acids is 1. The van der Waals surface area contributed by atoms with Crippen LogP contribution in [0.15, 0.2) is 77.7 Å². The van der Waals surface area contributed by atoms with Crippen molar-refractivity contribution in [3.05, 3.63) is 90.2 Å². The van der Waals surface area contributed by atoms with Crippen molar-refractivity contribution >= 4 is 16.8 Å². The summed E-state index contributed by atoms with van der Waals surface area (Å²) >= 11 is 0. The molecule has 0 aliphatic carbocycles. The second kappa shape index (κ2) is 10.9. The van der Waals surface area contributed by atoms with Crippen LogP contribution < -0.4 is 14.8 Å². The number of nitrogens with zero attached hydrogens (tertiary/aromatic N) is 3. The summed E-state index contributed by atoms with van der Waals surface area (Å²) in [5, 5.41) is 8.17. The van der Waals surface area contributed by atoms with E-state index in [9.17, 15) is 4.79 Å². The van der Waals surface area contributed by atoms with Gasteiger partial charge in [0, 0.05) is 65.9 Å². The molecule has 9 heteroatoms. The molecule has 0 aliphatic heterocycles. The van der Waals surface area contributed by atoms with E-state index in [0.717, 1.165) is 27.6 Å². The Labute approximate surface area is 213 Å². The number of aromatic nitrogens is 4. The number of aryl methyl sites for hydroxylation is 1. The number of rotatable bonds is 10. The first kappa shape index (κ1) is 24.1. The van der Waals surface area contributed by atoms with E-state index < -0.39 is 0 Å². The Morgan fingerprint density at radius 1 is 1.03 bits per heavy atom. The van der Waals surface area contributed by atoms with E-state index in [1.807, 2.05) is 42.6 Å². The van der Waals surface area contributed by atoms with Crippen molar-refractivity contribution in [1.29, 1.82) is 0 Å². The quantitative estimate of drug-likeness (QED) is 0.292. The van der Waals surface area contributed by atoms with Crippen molar-refractivity contribution in [3.63, 3.8) is 0 Å². The molecule has 1 amide bonds. The standard InChI is InChI=1S/C28H27N5O4/c1-35-24-9-5-7-20(27(24)36-2)22(21-16-30-23-8-4-3-6-19(21)23)17-31-25(34)10-11-26-32-28(33-37-26)18-12-14-29-15-13-18/h3-9,12-16,22,30H,10-11,17H2,1-2H3,(H,31,34). The maximum atomic E-state index is 12.9. The lowest BCUT2D eigenvalue weighted by atomic mass is 9.89. The van der Waals surface area contributed by atoms with Crippen LogP contribution in [0.4, 0.5) is 0 Å². The molecule has 0 aliphatic rings. The number of ether oxygens (including phenoxy) is 2. The lowest BCUT2D eigenvalue weighted by molar-refractivity contribution is -0.121. The van der Waals surface area contributed by atoms with Gasteiger partial charge in [-0.15, -0.1) is 0 Å². The van der Waals surface area contributed by atoms with Crippen LogP contribution in [0.25, 0.3) is 22.3 Å². The van der Waals surface area contributed by atoms with Crippen molar-refractivity contribution in [3.8, 4) is 22.9 Å². The van der Waals surface area contributed by atoms with E-state index in [0.29, 0.717) is 36.2 Å². The molecule has 37 heavy (non-hydrogen) atoms. The first-order valence-corrected chi connectivity index (χ1v) is 11.9. The molecule has 3 heterocycles. The van der Waals surface area contributed by atoms with Gasteiger partial charge in [0.2, 0.25) is 17.6 Å². The predicted octanol–water partition coefficient (Wildman–Crippen LogP) is 4.51. The number of hydrogen-bond donors (Lipinski definition) is 2. The fourth-order valence-corrected chi connectivity index (χ4v) is 4.46. The van der Waals surface area contributed by atoms with Crippen LogP contribution in [0.5, 0.6) is 11.5 Å². The monoisotopic (exact) mass is 497 g/mol. The summed E-state index contributed by atoms with van der Waals surface area (Å²) in [5.41, 5.74) is 3.81. The lowest BCUT2D eigenvalue weighted by Gasteiger charge is -2.22. The summed E-state index contributed by atoms with van der Waals surface area (Å²) in [6.07, 6.45) is 5.87. The zero-order chi connectivity index (χ0) is 25.6. The Morgan fingerprint density at radius 2 is 1.86 bits per heavy atom. The van der Waals surface area contributed by atoms with Crippen LogP contribution in [0.1, 0.15) is 29.4 Å². The summed E-state index contributed by atoms with van der Waals surface area (Å²) in [4.78, 5) is 24.6. The Hall–Kier alpha value is -4.66. The number of hydrogen-bond acceptors (Lipinski definition) is 7. The zero-order valence-electron chi connectivity index (χ0n) is 20.6. The predicted molar refractivity (Wildman–Crippen MR) is 139 cm³/mol. The number of methoxy groups -OCH3 is 2. The fraction of sp³-hybridized carbons (Fsp3) is 0.214. The average Bonchev–Trinajstić information content (AvgIpc) is 3.60. The molecule has 9 nitrogen and oxygen atoms in total. The number of amides is 1. The van der Waals surface area contributed by atoms with Gasteiger partial charge in [-0.1, -0.05) is 35.5 Å². The maximum absolute atomic E-state index is 12.9. The van der Waals surface area contributed by atoms with Crippen LogP contribution in [-0.2, 0) is 11.2 Å². The normalized spacial score (nSPS) is 11.8. The molecule has 2 N–H and O–H groups in total. The Morgan fingerprint density at radius 3 is 2.68 bits per heavy atom. The van der Waals surface area contributed by atoms with Crippen molar-refractivity contribution < 1.29 is 18.8 Å². The van der Waals surface area contributed by atoms with Gasteiger partial charge in [-0.25, -0.2) is 0 Å². The van der Waals surface area contributed by atoms with Gasteiger partial charge < -0.3 is 24.3 Å². The largest absolute Gasteiger partial charge is 0.493 e. The second-order valence-electron chi connectivity index (χ2n) is 8.48. The minimum absolute atomic E-state index is 0.115. The van der Waals surface area contributed by atoms with Gasteiger partial charge in [0.15, 0.2) is 11.5 Å². The van der Waals surface area contributed by atoms with Gasteiger partial charge in [0.1, 0.15) is 0 Å². The minimum atomic E-state index is -0.174. The molecule has 0 fully saturated rings. The van der Waals surface area contributed by atoms with E-state index in [-0.39, 0.29) is 18.2 Å². The number of fused-ring (bicyclic) bond motifs is 1. The number of carbonyl (C=O) groups is 1. The number of H-pyrrole nitrogens is 1. The first-order valence-electron chi connectivity index (χ1n) is 11.9. The SMILES string of the molecule is COc1cccc(C(CNC(=O)CCc2nc(-c3ccncc3)no2)c2c[nH]c3ccccc23)c1OC. The van der Waals surface area contributed by atoms with Crippen molar-refractivity contribution in [1.82, 2.24) is 25.4 Å². The summed E-state index contributed by atoms with van der Waals surface area (Å²) in [5.74, 6) is 1.87. The van der Waals surface area contributed by atoms with E-state index >= 15 is 0 Å². The molecule has 0 saturated carbocycles. The smallest absolute Gasteiger partial charge is 0.227 e. The number of para-hydroxylation sites is 2. The van der Waals surface area contributed by atoms with Crippen LogP contribution in [-0.4, -0.2) is 46.8 Å². The summed E-state index contributed by atoms with van der Waals surface area (Å²) < 4.78 is 16.6. The zero-order valence-corrected chi connectivity index (χ0v) is 20.6. The summed E-state index contributed by atoms with van der Waals surface area (Å²) in [6, 6.07) is 17.5. The van der Waals surface area contributed by atoms with Gasteiger partial charge in [-0.3, -0.25) is 9.78 Å². The van der Waals surface area contributed by atoms with Gasteiger partial charge >= 0.3 is 0 Å². The Balaban J connectivity index is 1.33. The van der Waals surface area contributed by atoms with E-state index in [2.05, 4.69) is 31.5 Å². The van der Waals surface area contributed by atoms with E-state index in [4.69, 9.17) is 14.0 Å². The Bertz CT molecular complexity index is 1500. The molecule has 188 valence electrons. The molecule has 5 rings (SSSR count). The third-order valence-electron chi connectivity index (χ3n) is 6.28. The summed E-state index contributed by atoms with van der Waals surface area (Å²) in [6.45, 7) is 0.371. The molecule has 0 radical (unpaired) electrons. The van der Waals surface area contributed by atoms with E-state index in [1.54, 1.807) is 38.7 Å². The van der Waals surface area contributed by atoms with Crippen molar-refractivity contribution in [2.45, 2.75) is 18.8 Å². The molecule has 1 unspecified atom stereocenters. The van der Waals surface area contributed by atoms with Crippen LogP contribution in [0.2, 0.25) is 0 Å². The molecular formula is C28H27N5O4. The lowest BCUT2D eigenvalue weighted by Crippen LogP contribution is -2.29. The third kappa shape index (κ3) is 5.16. The van der Waals surface area contributed by atoms with Crippen LogP contribution in [0, 0.1) is 0 Å². The highest BCUT2D eigenvalue weighted by atomic mass is 16.5. The number of nitrogens with one attached hydrogen (secondary N) is 2. The number of aromatic amines is 1. The summed E-state index contributed by atoms with van der Waals surface area (Å²) in [7, 11) is 3.23. The molecule has 2 aromatic carbocycles. The number of benzene rings is 2. The third-order valence-corrected chi connectivity index (χ3v) is 6.28. The van der Waals surface area contributed by atoms with E-state index in [1.165, 1.54) is 0 Å². The second-order valence-corrected chi connectivity index (χ2v) is 8.48. The Kier molecular flexibility index (Phi) is 7.12. The maximum Gasteiger partial charge on any atom is 0.227 e. The van der Waals surface area contributed by atoms with Crippen LogP contribution in [0.3, 0.4) is 0 Å². The fourth-order valence-electron chi connectivity index (χ4n) is 4.46. The molecule has 3 aromatic heterocycles. The highest BCUT2D eigenvalue weighted by Gasteiger charge is 2.24. The number of pyridine rings is 1. The topological polar surface area (TPSA) is 115 Å². The molecular weight excluding hydrogens is 470 g/mol. The molecule has 0 bridgehead atoms. The van der Waals surface area contributed by atoms with Gasteiger partial charge in [-0.05, 0) is 29.8 Å². The minimum Gasteiger partial charge on any atom is -0.493 e. The van der Waals surface area contributed by atoms with Gasteiger partial charge in [0.05, 0.1) is 14.2 Å². The van der Waals surface area contributed by atoms with Gasteiger partial charge in [0.25, 0.3) is 0 Å². The van der Waals surface area contributed by atoms with Crippen molar-refractivity contribution in [2.75, 3.05) is 20.8 Å². The first-order chi connectivity index (χ1) is 18.2. The highest BCUT2D eigenvalue weighted by molar-refractivity contribution is 5.84. The molecule has 5 aromatic rings. The molecule has 0 saturated heterocycles. The average molecular weight is 498 g/mol. The molecule has 0 spiro atoms. The van der Waals surface area contributed by atoms with Crippen LogP contribution >= 0.6 is 0 Å². The van der Waals surface area contributed by atoms with Gasteiger partial charge in [-0.2, -0.15) is 4.98 Å². The molecule has 1 atom stereocenters. The van der Waals surface area contributed by atoms with Crippen molar-refractivity contribution in [2.24, 2.45) is 0 Å². The highest BCUT2D eigenvalue weighted by Crippen LogP contribution is 2.40.